The highest BCUT2D eigenvalue weighted by atomic mass is 35.5. The minimum atomic E-state index is -5.06. The van der Waals surface area contributed by atoms with Crippen LogP contribution in [0.4, 0.5) is 23.4 Å². The van der Waals surface area contributed by atoms with E-state index in [1.807, 2.05) is 0 Å². The van der Waals surface area contributed by atoms with Crippen molar-refractivity contribution in [2.24, 2.45) is 11.8 Å². The summed E-state index contributed by atoms with van der Waals surface area (Å²) in [5, 5.41) is 2.59. The molecule has 3 rings (SSSR count). The smallest absolute Gasteiger partial charge is 0.352 e. The van der Waals surface area contributed by atoms with Crippen LogP contribution in [-0.4, -0.2) is 48.0 Å². The monoisotopic (exact) mass is 528 g/mol. The molecule has 2 heterocycles. The zero-order valence-electron chi connectivity index (χ0n) is 20.3. The van der Waals surface area contributed by atoms with Crippen molar-refractivity contribution < 1.29 is 27.2 Å². The Morgan fingerprint density at radius 2 is 1.89 bits per heavy atom. The Hall–Kier alpha value is -2.88. The van der Waals surface area contributed by atoms with E-state index in [4.69, 9.17) is 11.6 Å². The molecule has 196 valence electrons. The molecule has 1 fully saturated rings. The zero-order chi connectivity index (χ0) is 26.6. The molecule has 11 heteroatoms. The van der Waals surface area contributed by atoms with E-state index in [-0.39, 0.29) is 24.1 Å². The number of anilines is 1. The lowest BCUT2D eigenvalue weighted by molar-refractivity contribution is -0.140. The van der Waals surface area contributed by atoms with Crippen LogP contribution in [0.3, 0.4) is 0 Å². The first-order valence-corrected chi connectivity index (χ1v) is 12.1. The molecule has 1 aromatic carbocycles. The summed E-state index contributed by atoms with van der Waals surface area (Å²) < 4.78 is 54.5. The number of hydrogen-bond donors (Lipinski definition) is 1. The largest absolute Gasteiger partial charge is 0.420 e. The van der Waals surface area contributed by atoms with E-state index in [2.05, 4.69) is 31.1 Å². The zero-order valence-corrected chi connectivity index (χ0v) is 21.1. The second-order valence-electron chi connectivity index (χ2n) is 9.48. The molecule has 0 aliphatic carbocycles. The van der Waals surface area contributed by atoms with E-state index < -0.39 is 29.0 Å². The van der Waals surface area contributed by atoms with E-state index in [9.17, 15) is 27.2 Å². The van der Waals surface area contributed by atoms with Gasteiger partial charge in [-0.3, -0.25) is 9.59 Å². The number of halogens is 5. The molecule has 2 aromatic rings. The number of amides is 2. The third-order valence-corrected chi connectivity index (χ3v) is 6.09. The third kappa shape index (κ3) is 6.87. The molecule has 1 aliphatic heterocycles. The summed E-state index contributed by atoms with van der Waals surface area (Å²) in [6.45, 7) is 7.51. The standard InChI is InChI=1S/C25H29ClF4N4O2/c1-15(2)9-16(3)12-32-23(35)17-5-6-21(31-13-17)33-7-4-8-34(14-33)24(36)19-10-18(26)11-20(27)22(19)25(28,29)30/h5-6,10-11,13,15-16H,4,7-9,12,14H2,1-3H3,(H,32,35). The van der Waals surface area contributed by atoms with Crippen LogP contribution in [0.25, 0.3) is 0 Å². The number of rotatable bonds is 7. The van der Waals surface area contributed by atoms with Crippen LogP contribution in [0, 0.1) is 17.7 Å². The van der Waals surface area contributed by atoms with Crippen LogP contribution < -0.4 is 10.2 Å². The molecule has 1 N–H and O–H groups in total. The van der Waals surface area contributed by atoms with Crippen molar-refractivity contribution in [1.29, 1.82) is 0 Å². The molecule has 1 unspecified atom stereocenters. The van der Waals surface area contributed by atoms with Crippen molar-refractivity contribution in [3.63, 3.8) is 0 Å². The Bertz CT molecular complexity index is 1090. The molecule has 0 radical (unpaired) electrons. The summed E-state index contributed by atoms with van der Waals surface area (Å²) in [6.07, 6.45) is -2.17. The third-order valence-electron chi connectivity index (χ3n) is 5.87. The van der Waals surface area contributed by atoms with Crippen LogP contribution in [0.5, 0.6) is 0 Å². The molecule has 2 amide bonds. The second kappa shape index (κ2) is 11.5. The highest BCUT2D eigenvalue weighted by Gasteiger charge is 2.40. The van der Waals surface area contributed by atoms with E-state index >= 15 is 0 Å². The lowest BCUT2D eigenvalue weighted by Crippen LogP contribution is -2.48. The van der Waals surface area contributed by atoms with E-state index in [0.717, 1.165) is 12.5 Å². The molecule has 1 saturated heterocycles. The number of nitrogens with one attached hydrogen (secondary N) is 1. The summed E-state index contributed by atoms with van der Waals surface area (Å²) in [4.78, 5) is 32.6. The Balaban J connectivity index is 1.70. The molecular formula is C25H29ClF4N4O2. The predicted octanol–water partition coefficient (Wildman–Crippen LogP) is 5.61. The lowest BCUT2D eigenvalue weighted by Gasteiger charge is -2.36. The Kier molecular flexibility index (Phi) is 8.81. The van der Waals surface area contributed by atoms with Gasteiger partial charge in [-0.25, -0.2) is 9.37 Å². The maximum absolute atomic E-state index is 14.1. The van der Waals surface area contributed by atoms with Gasteiger partial charge >= 0.3 is 6.18 Å². The van der Waals surface area contributed by atoms with Gasteiger partial charge in [0.25, 0.3) is 11.8 Å². The fourth-order valence-electron chi connectivity index (χ4n) is 4.32. The molecule has 1 aromatic heterocycles. The van der Waals surface area contributed by atoms with Crippen LogP contribution >= 0.6 is 11.6 Å². The number of carbonyl (C=O) groups is 2. The van der Waals surface area contributed by atoms with Crippen LogP contribution in [0.15, 0.2) is 30.5 Å². The minimum absolute atomic E-state index is 0.0461. The minimum Gasteiger partial charge on any atom is -0.352 e. The lowest BCUT2D eigenvalue weighted by atomic mass is 9.99. The fourth-order valence-corrected chi connectivity index (χ4v) is 4.52. The molecular weight excluding hydrogens is 500 g/mol. The van der Waals surface area contributed by atoms with E-state index in [1.165, 1.54) is 11.1 Å². The van der Waals surface area contributed by atoms with Crippen LogP contribution in [0.2, 0.25) is 5.02 Å². The van der Waals surface area contributed by atoms with Crippen molar-refractivity contribution in [3.8, 4) is 0 Å². The highest BCUT2D eigenvalue weighted by Crippen LogP contribution is 2.36. The second-order valence-corrected chi connectivity index (χ2v) is 9.92. The molecule has 1 atom stereocenters. The topological polar surface area (TPSA) is 65.5 Å². The first-order valence-electron chi connectivity index (χ1n) is 11.7. The summed E-state index contributed by atoms with van der Waals surface area (Å²) in [6, 6.07) is 4.61. The summed E-state index contributed by atoms with van der Waals surface area (Å²) in [7, 11) is 0. The van der Waals surface area contributed by atoms with Gasteiger partial charge in [0, 0.05) is 30.9 Å². The molecule has 0 saturated carbocycles. The van der Waals surface area contributed by atoms with Crippen molar-refractivity contribution in [3.05, 3.63) is 58.0 Å². The average molecular weight is 529 g/mol. The number of pyridine rings is 1. The van der Waals surface area contributed by atoms with Crippen molar-refractivity contribution in [1.82, 2.24) is 15.2 Å². The maximum atomic E-state index is 14.1. The average Bonchev–Trinajstić information content (AvgIpc) is 2.80. The van der Waals surface area contributed by atoms with Gasteiger partial charge in [0.05, 0.1) is 17.8 Å². The number of nitrogens with zero attached hydrogens (tertiary/aromatic N) is 3. The summed E-state index contributed by atoms with van der Waals surface area (Å²) in [5.74, 6) is -1.48. The van der Waals surface area contributed by atoms with E-state index in [1.54, 1.807) is 17.0 Å². The Morgan fingerprint density at radius 3 is 2.50 bits per heavy atom. The van der Waals surface area contributed by atoms with Gasteiger partial charge in [-0.05, 0) is 48.9 Å². The first-order chi connectivity index (χ1) is 16.9. The number of benzene rings is 1. The maximum Gasteiger partial charge on any atom is 0.420 e. The Labute approximate surface area is 212 Å². The Morgan fingerprint density at radius 1 is 1.17 bits per heavy atom. The van der Waals surface area contributed by atoms with Gasteiger partial charge in [0.15, 0.2) is 0 Å². The number of alkyl halides is 3. The van der Waals surface area contributed by atoms with Crippen LogP contribution in [-0.2, 0) is 6.18 Å². The first kappa shape index (κ1) is 27.7. The normalized spacial score (nSPS) is 15.2. The fraction of sp³-hybridized carbons (Fsp3) is 0.480. The quantitative estimate of drug-likeness (QED) is 0.474. The van der Waals surface area contributed by atoms with Gasteiger partial charge in [-0.2, -0.15) is 13.2 Å². The van der Waals surface area contributed by atoms with Gasteiger partial charge in [0.1, 0.15) is 17.2 Å². The summed E-state index contributed by atoms with van der Waals surface area (Å²) in [5.41, 5.74) is -2.09. The van der Waals surface area contributed by atoms with Gasteiger partial charge in [0.2, 0.25) is 0 Å². The van der Waals surface area contributed by atoms with Crippen LogP contribution in [0.1, 0.15) is 59.9 Å². The molecule has 36 heavy (non-hydrogen) atoms. The number of carbonyl (C=O) groups excluding carboxylic acids is 2. The van der Waals surface area contributed by atoms with Gasteiger partial charge in [-0.1, -0.05) is 32.4 Å². The van der Waals surface area contributed by atoms with Crippen molar-refractivity contribution in [2.75, 3.05) is 31.2 Å². The SMILES string of the molecule is CC(C)CC(C)CNC(=O)c1ccc(N2CCCN(C(=O)c3cc(Cl)cc(F)c3C(F)(F)F)C2)nc1. The van der Waals surface area contributed by atoms with Gasteiger partial charge < -0.3 is 15.1 Å². The van der Waals surface area contributed by atoms with E-state index in [0.29, 0.717) is 48.8 Å². The molecule has 0 bridgehead atoms. The number of aromatic nitrogens is 1. The summed E-state index contributed by atoms with van der Waals surface area (Å²) >= 11 is 5.75. The van der Waals surface area contributed by atoms with Crippen molar-refractivity contribution >= 4 is 29.2 Å². The number of hydrogen-bond acceptors (Lipinski definition) is 4. The van der Waals surface area contributed by atoms with Gasteiger partial charge in [-0.15, -0.1) is 0 Å². The predicted molar refractivity (Wildman–Crippen MR) is 129 cm³/mol. The van der Waals surface area contributed by atoms with Crippen molar-refractivity contribution in [2.45, 2.75) is 39.8 Å². The highest BCUT2D eigenvalue weighted by molar-refractivity contribution is 6.31. The molecule has 6 nitrogen and oxygen atoms in total. The molecule has 1 aliphatic rings. The molecule has 0 spiro atoms.